The Balaban J connectivity index is 1.96. The van der Waals surface area contributed by atoms with Gasteiger partial charge in [0.1, 0.15) is 0 Å². The summed E-state index contributed by atoms with van der Waals surface area (Å²) >= 11 is 6.92. The fourth-order valence-electron chi connectivity index (χ4n) is 1.66. The van der Waals surface area contributed by atoms with Crippen LogP contribution in [0, 0.1) is 0 Å². The Kier molecular flexibility index (Phi) is 2.79. The van der Waals surface area contributed by atoms with Gasteiger partial charge in [-0.1, -0.05) is 0 Å². The van der Waals surface area contributed by atoms with Crippen molar-refractivity contribution in [2.24, 2.45) is 4.99 Å². The molecular formula is C10H9Br2N5. The molecule has 0 saturated heterocycles. The third-order valence-electron chi connectivity index (χ3n) is 2.43. The van der Waals surface area contributed by atoms with Crippen LogP contribution in [0.25, 0.3) is 11.0 Å². The maximum Gasteiger partial charge on any atom is 0.208 e. The third kappa shape index (κ3) is 2.16. The van der Waals surface area contributed by atoms with Gasteiger partial charge in [0.05, 0.1) is 17.6 Å². The fraction of sp³-hybridized carbons (Fsp3) is 0.200. The highest BCUT2D eigenvalue weighted by Crippen LogP contribution is 2.28. The molecule has 0 atom stereocenters. The van der Waals surface area contributed by atoms with Gasteiger partial charge in [0.25, 0.3) is 0 Å². The zero-order chi connectivity index (χ0) is 11.8. The number of guanidine groups is 1. The van der Waals surface area contributed by atoms with Crippen LogP contribution in [-0.2, 0) is 0 Å². The van der Waals surface area contributed by atoms with Gasteiger partial charge in [0.15, 0.2) is 5.96 Å². The van der Waals surface area contributed by atoms with Gasteiger partial charge >= 0.3 is 0 Å². The fourth-order valence-corrected chi connectivity index (χ4v) is 2.33. The monoisotopic (exact) mass is 357 g/mol. The van der Waals surface area contributed by atoms with E-state index in [9.17, 15) is 0 Å². The number of nitrogens with zero attached hydrogens (tertiary/aromatic N) is 2. The van der Waals surface area contributed by atoms with Crippen LogP contribution < -0.4 is 10.6 Å². The van der Waals surface area contributed by atoms with Crippen LogP contribution in [-0.4, -0.2) is 29.0 Å². The zero-order valence-corrected chi connectivity index (χ0v) is 11.9. The second-order valence-electron chi connectivity index (χ2n) is 3.65. The van der Waals surface area contributed by atoms with Crippen LogP contribution in [0.15, 0.2) is 26.1 Å². The largest absolute Gasteiger partial charge is 0.354 e. The first-order valence-corrected chi connectivity index (χ1v) is 6.71. The van der Waals surface area contributed by atoms with Crippen LogP contribution in [0.1, 0.15) is 0 Å². The van der Waals surface area contributed by atoms with E-state index in [1.165, 1.54) is 0 Å². The van der Waals surface area contributed by atoms with E-state index in [1.807, 2.05) is 12.1 Å². The van der Waals surface area contributed by atoms with Crippen molar-refractivity contribution in [3.8, 4) is 0 Å². The molecule has 0 amide bonds. The van der Waals surface area contributed by atoms with Crippen molar-refractivity contribution in [3.63, 3.8) is 0 Å². The Bertz CT molecular complexity index is 565. The molecule has 0 spiro atoms. The minimum absolute atomic E-state index is 0.693. The van der Waals surface area contributed by atoms with Crippen molar-refractivity contribution < 1.29 is 0 Å². The minimum Gasteiger partial charge on any atom is -0.354 e. The molecule has 0 bridgehead atoms. The predicted octanol–water partition coefficient (Wildman–Crippen LogP) is 2.46. The maximum atomic E-state index is 4.44. The molecule has 0 unspecified atom stereocenters. The van der Waals surface area contributed by atoms with E-state index in [0.717, 1.165) is 39.0 Å². The first-order valence-electron chi connectivity index (χ1n) is 5.12. The Morgan fingerprint density at radius 3 is 2.82 bits per heavy atom. The first-order chi connectivity index (χ1) is 8.22. The molecule has 1 aliphatic heterocycles. The van der Waals surface area contributed by atoms with Gasteiger partial charge in [-0.15, -0.1) is 0 Å². The molecule has 3 rings (SSSR count). The van der Waals surface area contributed by atoms with Gasteiger partial charge in [-0.2, -0.15) is 0 Å². The second kappa shape index (κ2) is 4.30. The number of anilines is 1. The lowest BCUT2D eigenvalue weighted by molar-refractivity contribution is 0.958. The molecule has 1 aromatic carbocycles. The molecule has 3 N–H and O–H groups in total. The number of aromatic nitrogens is 2. The van der Waals surface area contributed by atoms with E-state index in [0.29, 0.717) is 5.95 Å². The van der Waals surface area contributed by atoms with Crippen molar-refractivity contribution in [2.75, 3.05) is 18.4 Å². The van der Waals surface area contributed by atoms with Crippen LogP contribution in [0.3, 0.4) is 0 Å². The van der Waals surface area contributed by atoms with Crippen LogP contribution in [0.4, 0.5) is 5.95 Å². The van der Waals surface area contributed by atoms with E-state index in [4.69, 9.17) is 0 Å². The molecule has 2 heterocycles. The number of nitrogens with one attached hydrogen (secondary N) is 3. The summed E-state index contributed by atoms with van der Waals surface area (Å²) in [6.45, 7) is 1.68. The summed E-state index contributed by atoms with van der Waals surface area (Å²) < 4.78 is 1.98. The predicted molar refractivity (Wildman–Crippen MR) is 75.4 cm³/mol. The molecule has 2 aromatic rings. The van der Waals surface area contributed by atoms with Gasteiger partial charge in [-0.25, -0.2) is 4.98 Å². The summed E-state index contributed by atoms with van der Waals surface area (Å²) in [5.74, 6) is 1.46. The first kappa shape index (κ1) is 11.0. The summed E-state index contributed by atoms with van der Waals surface area (Å²) in [6, 6.07) is 3.95. The Morgan fingerprint density at radius 1 is 1.24 bits per heavy atom. The number of rotatable bonds is 1. The van der Waals surface area contributed by atoms with E-state index >= 15 is 0 Å². The summed E-state index contributed by atoms with van der Waals surface area (Å²) in [6.07, 6.45) is 0. The van der Waals surface area contributed by atoms with E-state index in [-0.39, 0.29) is 0 Å². The van der Waals surface area contributed by atoms with E-state index in [1.54, 1.807) is 0 Å². The van der Waals surface area contributed by atoms with Crippen molar-refractivity contribution in [1.82, 2.24) is 15.3 Å². The number of H-pyrrole nitrogens is 1. The van der Waals surface area contributed by atoms with Crippen molar-refractivity contribution in [3.05, 3.63) is 21.1 Å². The number of benzene rings is 1. The van der Waals surface area contributed by atoms with Crippen LogP contribution in [0.5, 0.6) is 0 Å². The molecule has 5 nitrogen and oxygen atoms in total. The number of halogens is 2. The lowest BCUT2D eigenvalue weighted by Gasteiger charge is -2.01. The normalized spacial score (nSPS) is 14.8. The van der Waals surface area contributed by atoms with Gasteiger partial charge in [0, 0.05) is 15.5 Å². The zero-order valence-electron chi connectivity index (χ0n) is 8.72. The lowest BCUT2D eigenvalue weighted by Crippen LogP contribution is -2.26. The highest BCUT2D eigenvalue weighted by atomic mass is 79.9. The Labute approximate surface area is 114 Å². The standard InChI is InChI=1S/C10H9Br2N5/c11-5-3-7-8(4-6(5)12)16-10(15-7)17-9-13-1-2-14-9/h3-4H,1-2H2,(H3,13,14,15,16,17). The molecule has 1 aromatic heterocycles. The molecule has 0 aliphatic carbocycles. The summed E-state index contributed by atoms with van der Waals surface area (Å²) in [5, 5.41) is 6.24. The van der Waals surface area contributed by atoms with Gasteiger partial charge < -0.3 is 10.3 Å². The van der Waals surface area contributed by atoms with E-state index < -0.39 is 0 Å². The number of fused-ring (bicyclic) bond motifs is 1. The number of imidazole rings is 1. The average molecular weight is 359 g/mol. The second-order valence-corrected chi connectivity index (χ2v) is 5.36. The number of aliphatic imine (C=N–C) groups is 1. The molecule has 0 saturated carbocycles. The Morgan fingerprint density at radius 2 is 2.06 bits per heavy atom. The molecule has 0 fully saturated rings. The maximum absolute atomic E-state index is 4.44. The number of hydrogen-bond donors (Lipinski definition) is 3. The SMILES string of the molecule is Brc1cc2nc(NC3=NCCN3)[nH]c2cc1Br. The molecule has 0 radical (unpaired) electrons. The van der Waals surface area contributed by atoms with Gasteiger partial charge in [0.2, 0.25) is 5.95 Å². The minimum atomic E-state index is 0.693. The summed E-state index contributed by atoms with van der Waals surface area (Å²) in [5.41, 5.74) is 1.88. The quantitative estimate of drug-likeness (QED) is 0.733. The highest BCUT2D eigenvalue weighted by Gasteiger charge is 2.09. The molecule has 88 valence electrons. The van der Waals surface area contributed by atoms with Gasteiger partial charge in [-0.05, 0) is 44.0 Å². The molecule has 17 heavy (non-hydrogen) atoms. The number of aromatic amines is 1. The smallest absolute Gasteiger partial charge is 0.208 e. The van der Waals surface area contributed by atoms with Gasteiger partial charge in [-0.3, -0.25) is 10.3 Å². The molecule has 7 heteroatoms. The summed E-state index contributed by atoms with van der Waals surface area (Å²) in [4.78, 5) is 11.9. The summed E-state index contributed by atoms with van der Waals surface area (Å²) in [7, 11) is 0. The third-order valence-corrected chi connectivity index (χ3v) is 4.28. The molecule has 1 aliphatic rings. The number of hydrogen-bond acceptors (Lipinski definition) is 4. The highest BCUT2D eigenvalue weighted by molar-refractivity contribution is 9.13. The Hall–Kier alpha value is -1.08. The van der Waals surface area contributed by atoms with Crippen LogP contribution in [0.2, 0.25) is 0 Å². The topological polar surface area (TPSA) is 65.1 Å². The van der Waals surface area contributed by atoms with Crippen molar-refractivity contribution in [1.29, 1.82) is 0 Å². The average Bonchev–Trinajstić information content (AvgIpc) is 2.89. The molecular weight excluding hydrogens is 350 g/mol. The van der Waals surface area contributed by atoms with Crippen molar-refractivity contribution >= 4 is 54.8 Å². The van der Waals surface area contributed by atoms with E-state index in [2.05, 4.69) is 57.5 Å². The van der Waals surface area contributed by atoms with Crippen LogP contribution >= 0.6 is 31.9 Å². The lowest BCUT2D eigenvalue weighted by atomic mass is 10.3. The van der Waals surface area contributed by atoms with Crippen molar-refractivity contribution in [2.45, 2.75) is 0 Å².